The van der Waals surface area contributed by atoms with Crippen molar-refractivity contribution in [2.75, 3.05) is 6.54 Å². The third-order valence-corrected chi connectivity index (χ3v) is 4.69. The van der Waals surface area contributed by atoms with Gasteiger partial charge >= 0.3 is 0 Å². The first-order valence-electron chi connectivity index (χ1n) is 6.67. The van der Waals surface area contributed by atoms with Crippen LogP contribution in [0.15, 0.2) is 28.7 Å². The Kier molecular flexibility index (Phi) is 4.26. The molecule has 17 heavy (non-hydrogen) atoms. The highest BCUT2D eigenvalue weighted by Crippen LogP contribution is 2.49. The Bertz CT molecular complexity index is 377. The molecule has 0 saturated heterocycles. The first kappa shape index (κ1) is 13.1. The minimum Gasteiger partial charge on any atom is -0.314 e. The Morgan fingerprint density at radius 3 is 2.65 bits per heavy atom. The summed E-state index contributed by atoms with van der Waals surface area (Å²) in [5, 5.41) is 3.64. The molecule has 0 amide bonds. The number of halogens is 1. The average Bonchev–Trinajstić information content (AvgIpc) is 2.32. The summed E-state index contributed by atoms with van der Waals surface area (Å²) >= 11 is 3.58. The molecule has 1 aromatic carbocycles. The van der Waals surface area contributed by atoms with E-state index in [0.717, 1.165) is 24.3 Å². The lowest BCUT2D eigenvalue weighted by Crippen LogP contribution is -2.55. The molecule has 0 aromatic heterocycles. The first-order chi connectivity index (χ1) is 8.19. The van der Waals surface area contributed by atoms with Gasteiger partial charge in [0.2, 0.25) is 0 Å². The fraction of sp³-hybridized carbons (Fsp3) is 0.600. The molecule has 0 spiro atoms. The maximum atomic E-state index is 3.64. The van der Waals surface area contributed by atoms with Gasteiger partial charge in [-0.15, -0.1) is 0 Å². The summed E-state index contributed by atoms with van der Waals surface area (Å²) in [6.45, 7) is 7.97. The second-order valence-corrected chi connectivity index (χ2v) is 6.01. The van der Waals surface area contributed by atoms with Crippen molar-refractivity contribution in [1.82, 2.24) is 5.32 Å². The molecule has 1 aliphatic carbocycles. The lowest BCUT2D eigenvalue weighted by molar-refractivity contribution is 0.0799. The monoisotopic (exact) mass is 295 g/mol. The Morgan fingerprint density at radius 2 is 2.06 bits per heavy atom. The van der Waals surface area contributed by atoms with Gasteiger partial charge in [0.25, 0.3) is 0 Å². The van der Waals surface area contributed by atoms with E-state index in [1.807, 2.05) is 0 Å². The van der Waals surface area contributed by atoms with Gasteiger partial charge in [0, 0.05) is 10.5 Å². The molecule has 1 aromatic rings. The lowest BCUT2D eigenvalue weighted by atomic mass is 9.58. The van der Waals surface area contributed by atoms with Crippen LogP contribution in [-0.4, -0.2) is 12.6 Å². The van der Waals surface area contributed by atoms with E-state index in [-0.39, 0.29) is 0 Å². The molecular weight excluding hydrogens is 274 g/mol. The van der Waals surface area contributed by atoms with E-state index in [9.17, 15) is 0 Å². The van der Waals surface area contributed by atoms with Crippen LogP contribution in [0.2, 0.25) is 0 Å². The van der Waals surface area contributed by atoms with E-state index in [4.69, 9.17) is 0 Å². The molecule has 1 saturated carbocycles. The van der Waals surface area contributed by atoms with Gasteiger partial charge in [-0.2, -0.15) is 0 Å². The molecule has 94 valence electrons. The van der Waals surface area contributed by atoms with E-state index < -0.39 is 0 Å². The minimum atomic E-state index is 0.703. The van der Waals surface area contributed by atoms with E-state index >= 15 is 0 Å². The van der Waals surface area contributed by atoms with Gasteiger partial charge in [-0.25, -0.2) is 0 Å². The summed E-state index contributed by atoms with van der Waals surface area (Å²) < 4.78 is 1.20. The van der Waals surface area contributed by atoms with Crippen LogP contribution in [0, 0.1) is 11.8 Å². The van der Waals surface area contributed by atoms with Crippen molar-refractivity contribution >= 4 is 15.9 Å². The highest BCUT2D eigenvalue weighted by atomic mass is 79.9. The zero-order chi connectivity index (χ0) is 12.4. The number of hydrogen-bond donors (Lipinski definition) is 1. The van der Waals surface area contributed by atoms with Gasteiger partial charge in [-0.3, -0.25) is 0 Å². The average molecular weight is 296 g/mol. The SMILES string of the molecule is CCNC1C(C)C(c2cccc(Br)c2)C1CC. The zero-order valence-corrected chi connectivity index (χ0v) is 12.5. The molecule has 0 radical (unpaired) electrons. The summed E-state index contributed by atoms with van der Waals surface area (Å²) in [6.07, 6.45) is 1.26. The van der Waals surface area contributed by atoms with Crippen LogP contribution in [0.3, 0.4) is 0 Å². The van der Waals surface area contributed by atoms with Crippen molar-refractivity contribution in [1.29, 1.82) is 0 Å². The Balaban J connectivity index is 2.17. The maximum absolute atomic E-state index is 3.64. The van der Waals surface area contributed by atoms with E-state index in [0.29, 0.717) is 6.04 Å². The van der Waals surface area contributed by atoms with Crippen LogP contribution < -0.4 is 5.32 Å². The Hall–Kier alpha value is -0.340. The van der Waals surface area contributed by atoms with Crippen LogP contribution in [0.5, 0.6) is 0 Å². The Morgan fingerprint density at radius 1 is 1.29 bits per heavy atom. The van der Waals surface area contributed by atoms with Gasteiger partial charge in [0.1, 0.15) is 0 Å². The van der Waals surface area contributed by atoms with Crippen LogP contribution in [-0.2, 0) is 0 Å². The molecule has 2 rings (SSSR count). The third-order valence-electron chi connectivity index (χ3n) is 4.20. The molecule has 1 nitrogen and oxygen atoms in total. The van der Waals surface area contributed by atoms with Crippen molar-refractivity contribution in [3.8, 4) is 0 Å². The summed E-state index contributed by atoms with van der Waals surface area (Å²) in [7, 11) is 0. The summed E-state index contributed by atoms with van der Waals surface area (Å²) in [5.41, 5.74) is 1.49. The summed E-state index contributed by atoms with van der Waals surface area (Å²) in [6, 6.07) is 9.52. The molecular formula is C15H22BrN. The molecule has 4 atom stereocenters. The van der Waals surface area contributed by atoms with E-state index in [1.165, 1.54) is 16.5 Å². The van der Waals surface area contributed by atoms with E-state index in [2.05, 4.69) is 66.3 Å². The predicted octanol–water partition coefficient (Wildman–Crippen LogP) is 4.19. The van der Waals surface area contributed by atoms with Crippen molar-refractivity contribution in [3.05, 3.63) is 34.3 Å². The van der Waals surface area contributed by atoms with Crippen LogP contribution in [0.4, 0.5) is 0 Å². The van der Waals surface area contributed by atoms with Gasteiger partial charge in [0.05, 0.1) is 0 Å². The number of rotatable bonds is 4. The van der Waals surface area contributed by atoms with Crippen LogP contribution >= 0.6 is 15.9 Å². The number of hydrogen-bond acceptors (Lipinski definition) is 1. The molecule has 1 N–H and O–H groups in total. The van der Waals surface area contributed by atoms with E-state index in [1.54, 1.807) is 0 Å². The summed E-state index contributed by atoms with van der Waals surface area (Å²) in [5.74, 6) is 2.26. The lowest BCUT2D eigenvalue weighted by Gasteiger charge is -2.51. The summed E-state index contributed by atoms with van der Waals surface area (Å²) in [4.78, 5) is 0. The largest absolute Gasteiger partial charge is 0.314 e. The second kappa shape index (κ2) is 5.53. The van der Waals surface area contributed by atoms with Crippen molar-refractivity contribution in [2.24, 2.45) is 11.8 Å². The van der Waals surface area contributed by atoms with Gasteiger partial charge in [-0.05, 0) is 42.0 Å². The van der Waals surface area contributed by atoms with Crippen LogP contribution in [0.1, 0.15) is 38.7 Å². The molecule has 0 aliphatic heterocycles. The molecule has 1 aliphatic rings. The maximum Gasteiger partial charge on any atom is 0.0178 e. The molecule has 0 bridgehead atoms. The molecule has 2 heteroatoms. The number of nitrogens with one attached hydrogen (secondary N) is 1. The van der Waals surface area contributed by atoms with Crippen molar-refractivity contribution in [3.63, 3.8) is 0 Å². The van der Waals surface area contributed by atoms with Gasteiger partial charge < -0.3 is 5.32 Å². The smallest absolute Gasteiger partial charge is 0.0178 e. The molecule has 0 heterocycles. The topological polar surface area (TPSA) is 12.0 Å². The van der Waals surface area contributed by atoms with Crippen LogP contribution in [0.25, 0.3) is 0 Å². The van der Waals surface area contributed by atoms with Gasteiger partial charge in [0.15, 0.2) is 0 Å². The normalized spacial score (nSPS) is 32.2. The van der Waals surface area contributed by atoms with Crippen molar-refractivity contribution in [2.45, 2.75) is 39.2 Å². The third kappa shape index (κ3) is 2.43. The quantitative estimate of drug-likeness (QED) is 0.878. The van der Waals surface area contributed by atoms with Crippen molar-refractivity contribution < 1.29 is 0 Å². The minimum absolute atomic E-state index is 0.703. The van der Waals surface area contributed by atoms with Gasteiger partial charge in [-0.1, -0.05) is 55.3 Å². The fourth-order valence-electron chi connectivity index (χ4n) is 3.43. The number of benzene rings is 1. The molecule has 4 unspecified atom stereocenters. The highest BCUT2D eigenvalue weighted by Gasteiger charge is 2.46. The fourth-order valence-corrected chi connectivity index (χ4v) is 3.84. The second-order valence-electron chi connectivity index (χ2n) is 5.10. The predicted molar refractivity (Wildman–Crippen MR) is 77.3 cm³/mol. The molecule has 1 fully saturated rings. The highest BCUT2D eigenvalue weighted by molar-refractivity contribution is 9.10. The first-order valence-corrected chi connectivity index (χ1v) is 7.47. The standard InChI is InChI=1S/C15H22BrN/c1-4-13-14(10(3)15(13)17-5-2)11-7-6-8-12(16)9-11/h6-10,13-15,17H,4-5H2,1-3H3. The zero-order valence-electron chi connectivity index (χ0n) is 10.9. The Labute approximate surface area is 113 Å².